The van der Waals surface area contributed by atoms with Gasteiger partial charge in [-0.15, -0.1) is 0 Å². The maximum absolute atomic E-state index is 14.4. The molecule has 0 bridgehead atoms. The van der Waals surface area contributed by atoms with Crippen molar-refractivity contribution < 1.29 is 23.7 Å². The lowest BCUT2D eigenvalue weighted by atomic mass is 9.80. The molecule has 7 nitrogen and oxygen atoms in total. The number of methoxy groups -OCH3 is 2. The lowest BCUT2D eigenvalue weighted by molar-refractivity contribution is -0.138. The third kappa shape index (κ3) is 10.3. The summed E-state index contributed by atoms with van der Waals surface area (Å²) in [6.45, 7) is 6.32. The second-order valence-corrected chi connectivity index (χ2v) is 13.9. The number of carbonyl (C=O) groups is 1. The lowest BCUT2D eigenvalue weighted by Gasteiger charge is -2.36. The van der Waals surface area contributed by atoms with Crippen molar-refractivity contribution in [3.63, 3.8) is 0 Å². The summed E-state index contributed by atoms with van der Waals surface area (Å²) in [5.74, 6) is 1.52. The molecule has 2 fully saturated rings. The summed E-state index contributed by atoms with van der Waals surface area (Å²) in [6, 6.07) is 19.1. The molecule has 9 heteroatoms. The number of halogens is 2. The highest BCUT2D eigenvalue weighted by molar-refractivity contribution is 6.37. The molecule has 0 radical (unpaired) electrons. The highest BCUT2D eigenvalue weighted by atomic mass is 35.5. The van der Waals surface area contributed by atoms with Gasteiger partial charge >= 0.3 is 0 Å². The largest absolute Gasteiger partial charge is 0.490 e. The molecule has 3 aromatic carbocycles. The number of ether oxygens (including phenoxy) is 4. The number of benzene rings is 3. The van der Waals surface area contributed by atoms with E-state index in [0.717, 1.165) is 76.0 Å². The quantitative estimate of drug-likeness (QED) is 0.137. The van der Waals surface area contributed by atoms with E-state index < -0.39 is 0 Å². The van der Waals surface area contributed by atoms with Crippen molar-refractivity contribution in [2.45, 2.75) is 70.4 Å². The van der Waals surface area contributed by atoms with Crippen LogP contribution in [0.3, 0.4) is 0 Å². The van der Waals surface area contributed by atoms with E-state index in [0.29, 0.717) is 48.1 Å². The number of nitrogens with one attached hydrogen (secondary N) is 1. The van der Waals surface area contributed by atoms with Crippen LogP contribution in [0.4, 0.5) is 0 Å². The van der Waals surface area contributed by atoms with Crippen LogP contribution in [0, 0.1) is 12.8 Å². The van der Waals surface area contributed by atoms with E-state index in [1.807, 2.05) is 31.2 Å². The standard InChI is InChI=1S/C39H50Cl2N2O5/c1-27-20-36(40)38(37(41)21-27)48-19-18-47-33-12-8-31(9-13-33)34-14-15-42-25-35(34)39(44)43(32-10-11-32)26-30-23-28(6-4-16-45-2)22-29(24-30)7-5-17-46-3/h8-9,12-13,20-24,32,34-35,42H,4-7,10-11,14-19,25-26H2,1-3H3. The van der Waals surface area contributed by atoms with Crippen LogP contribution in [-0.4, -0.2) is 70.6 Å². The Kier molecular flexibility index (Phi) is 13.9. The molecule has 0 spiro atoms. The molecule has 1 saturated carbocycles. The molecule has 260 valence electrons. The predicted octanol–water partition coefficient (Wildman–Crippen LogP) is 7.80. The van der Waals surface area contributed by atoms with Gasteiger partial charge in [-0.2, -0.15) is 0 Å². The number of aryl methyl sites for hydroxylation is 3. The van der Waals surface area contributed by atoms with Crippen molar-refractivity contribution >= 4 is 29.1 Å². The van der Waals surface area contributed by atoms with E-state index in [-0.39, 0.29) is 17.7 Å². The number of amides is 1. The van der Waals surface area contributed by atoms with Crippen molar-refractivity contribution in [3.8, 4) is 11.5 Å². The normalized spacial score (nSPS) is 17.7. The van der Waals surface area contributed by atoms with Crippen LogP contribution >= 0.6 is 23.2 Å². The summed E-state index contributed by atoms with van der Waals surface area (Å²) in [7, 11) is 3.50. The van der Waals surface area contributed by atoms with Crippen molar-refractivity contribution in [1.82, 2.24) is 10.2 Å². The Hall–Kier alpha value is -2.81. The second-order valence-electron chi connectivity index (χ2n) is 13.1. The number of carbonyl (C=O) groups excluding carboxylic acids is 1. The molecule has 48 heavy (non-hydrogen) atoms. The maximum atomic E-state index is 14.4. The smallest absolute Gasteiger partial charge is 0.228 e. The van der Waals surface area contributed by atoms with Crippen molar-refractivity contribution in [2.24, 2.45) is 5.92 Å². The highest BCUT2D eigenvalue weighted by Gasteiger charge is 2.40. The number of nitrogens with zero attached hydrogens (tertiary/aromatic N) is 1. The summed E-state index contributed by atoms with van der Waals surface area (Å²) in [5, 5.41) is 4.49. The average Bonchev–Trinajstić information content (AvgIpc) is 3.92. The summed E-state index contributed by atoms with van der Waals surface area (Å²) >= 11 is 12.6. The molecule has 1 saturated heterocycles. The molecule has 1 heterocycles. The van der Waals surface area contributed by atoms with E-state index in [4.69, 9.17) is 42.1 Å². The molecule has 1 amide bonds. The Morgan fingerprint density at radius 1 is 0.812 bits per heavy atom. The van der Waals surface area contributed by atoms with E-state index in [1.165, 1.54) is 22.3 Å². The summed E-state index contributed by atoms with van der Waals surface area (Å²) in [6.07, 6.45) is 6.95. The second kappa shape index (κ2) is 18.3. The fourth-order valence-electron chi connectivity index (χ4n) is 6.70. The van der Waals surface area contributed by atoms with Crippen molar-refractivity contribution in [1.29, 1.82) is 0 Å². The van der Waals surface area contributed by atoms with Gasteiger partial charge in [0.05, 0.1) is 16.0 Å². The van der Waals surface area contributed by atoms with Crippen LogP contribution < -0.4 is 14.8 Å². The molecular weight excluding hydrogens is 647 g/mol. The molecule has 1 N–H and O–H groups in total. The molecule has 2 aliphatic rings. The molecule has 1 aliphatic heterocycles. The summed E-state index contributed by atoms with van der Waals surface area (Å²) in [5.41, 5.74) is 6.00. The first-order valence-corrected chi connectivity index (χ1v) is 18.0. The molecule has 2 unspecified atom stereocenters. The van der Waals surface area contributed by atoms with Gasteiger partial charge in [0.1, 0.15) is 19.0 Å². The van der Waals surface area contributed by atoms with Gasteiger partial charge in [0.25, 0.3) is 0 Å². The Bertz CT molecular complexity index is 1430. The first kappa shape index (κ1) is 36.5. The van der Waals surface area contributed by atoms with Gasteiger partial charge in [-0.05, 0) is 116 Å². The number of rotatable bonds is 18. The minimum absolute atomic E-state index is 0.116. The van der Waals surface area contributed by atoms with Crippen molar-refractivity contribution in [2.75, 3.05) is 53.7 Å². The first-order valence-electron chi connectivity index (χ1n) is 17.3. The summed E-state index contributed by atoms with van der Waals surface area (Å²) < 4.78 is 22.4. The van der Waals surface area contributed by atoms with Crippen LogP contribution in [-0.2, 0) is 33.7 Å². The van der Waals surface area contributed by atoms with Gasteiger partial charge in [0.2, 0.25) is 5.91 Å². The lowest BCUT2D eigenvalue weighted by Crippen LogP contribution is -2.47. The van der Waals surface area contributed by atoms with E-state index in [9.17, 15) is 4.79 Å². The van der Waals surface area contributed by atoms with Crippen molar-refractivity contribution in [3.05, 3.63) is 92.5 Å². The molecule has 0 aromatic heterocycles. The van der Waals surface area contributed by atoms with Crippen LogP contribution in [0.25, 0.3) is 0 Å². The number of hydrogen-bond acceptors (Lipinski definition) is 6. The topological polar surface area (TPSA) is 69.3 Å². The molecular formula is C39H50Cl2N2O5. The Labute approximate surface area is 296 Å². The zero-order valence-corrected chi connectivity index (χ0v) is 30.1. The SMILES string of the molecule is COCCCc1cc(CCCOC)cc(CN(C(=O)C2CNCCC2c2ccc(OCCOc3c(Cl)cc(C)cc3Cl)cc2)C2CC2)c1. The fraction of sp³-hybridized carbons (Fsp3) is 0.513. The Balaban J connectivity index is 1.23. The number of piperidine rings is 1. The minimum Gasteiger partial charge on any atom is -0.490 e. The van der Waals surface area contributed by atoms with E-state index >= 15 is 0 Å². The zero-order valence-electron chi connectivity index (χ0n) is 28.6. The molecule has 1 aliphatic carbocycles. The first-order chi connectivity index (χ1) is 23.4. The van der Waals surface area contributed by atoms with Gasteiger partial charge in [-0.3, -0.25) is 4.79 Å². The number of hydrogen-bond donors (Lipinski definition) is 1. The van der Waals surface area contributed by atoms with E-state index in [2.05, 4.69) is 40.5 Å². The molecule has 5 rings (SSSR count). The van der Waals surface area contributed by atoms with Gasteiger partial charge < -0.3 is 29.2 Å². The average molecular weight is 698 g/mol. The van der Waals surface area contributed by atoms with E-state index in [1.54, 1.807) is 14.2 Å². The maximum Gasteiger partial charge on any atom is 0.228 e. The van der Waals surface area contributed by atoms with Crippen LogP contribution in [0.2, 0.25) is 10.0 Å². The Morgan fingerprint density at radius 3 is 2.02 bits per heavy atom. The zero-order chi connectivity index (χ0) is 33.9. The van der Waals surface area contributed by atoms with Gasteiger partial charge in [0.15, 0.2) is 5.75 Å². The predicted molar refractivity (Wildman–Crippen MR) is 193 cm³/mol. The Morgan fingerprint density at radius 2 is 1.42 bits per heavy atom. The van der Waals surface area contributed by atoms with Gasteiger partial charge in [-0.25, -0.2) is 0 Å². The summed E-state index contributed by atoms with van der Waals surface area (Å²) in [4.78, 5) is 16.5. The molecule has 3 aromatic rings. The highest BCUT2D eigenvalue weighted by Crippen LogP contribution is 2.37. The van der Waals surface area contributed by atoms with Crippen LogP contribution in [0.1, 0.15) is 65.8 Å². The van der Waals surface area contributed by atoms with Gasteiger partial charge in [-0.1, -0.05) is 53.5 Å². The monoisotopic (exact) mass is 696 g/mol. The van der Waals surface area contributed by atoms with Crippen LogP contribution in [0.5, 0.6) is 11.5 Å². The molecule has 2 atom stereocenters. The van der Waals surface area contributed by atoms with Gasteiger partial charge in [0, 0.05) is 46.6 Å². The van der Waals surface area contributed by atoms with Crippen LogP contribution in [0.15, 0.2) is 54.6 Å². The fourth-order valence-corrected chi connectivity index (χ4v) is 7.40. The minimum atomic E-state index is -0.116. The third-order valence-corrected chi connectivity index (χ3v) is 9.77. The third-order valence-electron chi connectivity index (χ3n) is 9.21.